The van der Waals surface area contributed by atoms with Crippen LogP contribution >= 0.6 is 11.3 Å². The minimum atomic E-state index is -0.484. The fraction of sp³-hybridized carbons (Fsp3) is 0.0952. The molecule has 0 bridgehead atoms. The molecule has 2 aromatic heterocycles. The van der Waals surface area contributed by atoms with Gasteiger partial charge in [0.1, 0.15) is 19.0 Å². The van der Waals surface area contributed by atoms with E-state index in [1.54, 1.807) is 35.8 Å². The third-order valence-electron chi connectivity index (χ3n) is 4.05. The Morgan fingerprint density at radius 2 is 1.82 bits per heavy atom. The van der Waals surface area contributed by atoms with Gasteiger partial charge in [0.05, 0.1) is 11.3 Å². The van der Waals surface area contributed by atoms with Crippen molar-refractivity contribution < 1.29 is 14.3 Å². The van der Waals surface area contributed by atoms with Gasteiger partial charge in [-0.3, -0.25) is 9.20 Å². The zero-order valence-corrected chi connectivity index (χ0v) is 15.6. The number of rotatable bonds is 6. The standard InChI is InChI=1S/C21H16N2O4S/c24-19-12-17(22-21-23(19)10-11-28-21)14-27-20(25)16-6-8-18(9-7-16)26-13-15-4-2-1-3-5-15/h1-12H,13-14H2. The third-order valence-corrected chi connectivity index (χ3v) is 4.80. The lowest BCUT2D eigenvalue weighted by Crippen LogP contribution is -2.14. The molecule has 4 rings (SSSR count). The van der Waals surface area contributed by atoms with Gasteiger partial charge in [0.2, 0.25) is 0 Å². The highest BCUT2D eigenvalue weighted by Gasteiger charge is 2.10. The van der Waals surface area contributed by atoms with E-state index in [1.807, 2.05) is 30.3 Å². The van der Waals surface area contributed by atoms with E-state index >= 15 is 0 Å². The first-order valence-corrected chi connectivity index (χ1v) is 9.47. The van der Waals surface area contributed by atoms with Crippen LogP contribution in [0.5, 0.6) is 5.75 Å². The maximum Gasteiger partial charge on any atom is 0.338 e. The number of esters is 1. The molecule has 0 amide bonds. The van der Waals surface area contributed by atoms with Gasteiger partial charge in [-0.15, -0.1) is 11.3 Å². The molecule has 0 atom stereocenters. The maximum atomic E-state index is 12.2. The number of hydrogen-bond donors (Lipinski definition) is 0. The second-order valence-corrected chi connectivity index (χ2v) is 6.89. The largest absolute Gasteiger partial charge is 0.489 e. The molecule has 0 aliphatic carbocycles. The molecule has 0 fully saturated rings. The summed E-state index contributed by atoms with van der Waals surface area (Å²) >= 11 is 1.35. The molecule has 28 heavy (non-hydrogen) atoms. The molecule has 0 aliphatic heterocycles. The van der Waals surface area contributed by atoms with E-state index in [-0.39, 0.29) is 12.2 Å². The SMILES string of the molecule is O=C(OCc1cc(=O)n2ccsc2n1)c1ccc(OCc2ccccc2)cc1. The van der Waals surface area contributed by atoms with Crippen molar-refractivity contribution in [3.05, 3.63) is 99.4 Å². The summed E-state index contributed by atoms with van der Waals surface area (Å²) in [6.07, 6.45) is 1.66. The average Bonchev–Trinajstić information content (AvgIpc) is 3.21. The molecule has 140 valence electrons. The van der Waals surface area contributed by atoms with Crippen LogP contribution in [0.1, 0.15) is 21.6 Å². The Balaban J connectivity index is 1.35. The topological polar surface area (TPSA) is 69.9 Å². The molecule has 0 aliphatic rings. The Morgan fingerprint density at radius 3 is 2.61 bits per heavy atom. The molecule has 0 saturated heterocycles. The molecule has 0 unspecified atom stereocenters. The minimum absolute atomic E-state index is 0.0608. The van der Waals surface area contributed by atoms with Crippen molar-refractivity contribution >= 4 is 22.3 Å². The van der Waals surface area contributed by atoms with Gasteiger partial charge < -0.3 is 9.47 Å². The van der Waals surface area contributed by atoms with E-state index in [2.05, 4.69) is 4.98 Å². The number of carbonyl (C=O) groups is 1. The molecule has 0 radical (unpaired) electrons. The Hall–Kier alpha value is -3.45. The van der Waals surface area contributed by atoms with E-state index in [1.165, 1.54) is 21.8 Å². The van der Waals surface area contributed by atoms with Gasteiger partial charge in [-0.25, -0.2) is 9.78 Å². The summed E-state index contributed by atoms with van der Waals surface area (Å²) in [5.74, 6) is 0.182. The van der Waals surface area contributed by atoms with Crippen LogP contribution in [0, 0.1) is 0 Å². The normalized spacial score (nSPS) is 10.7. The highest BCUT2D eigenvalue weighted by Crippen LogP contribution is 2.15. The Kier molecular flexibility index (Phi) is 5.16. The quantitative estimate of drug-likeness (QED) is 0.468. The van der Waals surface area contributed by atoms with Crippen LogP contribution in [0.15, 0.2) is 77.0 Å². The van der Waals surface area contributed by atoms with Crippen LogP contribution in [0.25, 0.3) is 4.96 Å². The van der Waals surface area contributed by atoms with Crippen LogP contribution in [-0.2, 0) is 18.0 Å². The summed E-state index contributed by atoms with van der Waals surface area (Å²) in [4.78, 5) is 29.1. The first kappa shape index (κ1) is 17.9. The molecule has 0 saturated carbocycles. The van der Waals surface area contributed by atoms with Crippen LogP contribution in [0.2, 0.25) is 0 Å². The van der Waals surface area contributed by atoms with Gasteiger partial charge in [-0.2, -0.15) is 0 Å². The van der Waals surface area contributed by atoms with Gasteiger partial charge in [-0.05, 0) is 29.8 Å². The van der Waals surface area contributed by atoms with Gasteiger partial charge in [-0.1, -0.05) is 30.3 Å². The summed E-state index contributed by atoms with van der Waals surface area (Å²) in [7, 11) is 0. The highest BCUT2D eigenvalue weighted by atomic mass is 32.1. The Labute approximate surface area is 164 Å². The van der Waals surface area contributed by atoms with Gasteiger partial charge in [0.25, 0.3) is 5.56 Å². The van der Waals surface area contributed by atoms with Crippen molar-refractivity contribution in [1.29, 1.82) is 0 Å². The smallest absolute Gasteiger partial charge is 0.338 e. The molecule has 2 heterocycles. The van der Waals surface area contributed by atoms with E-state index < -0.39 is 5.97 Å². The number of fused-ring (bicyclic) bond motifs is 1. The van der Waals surface area contributed by atoms with Crippen molar-refractivity contribution in [3.63, 3.8) is 0 Å². The number of hydrogen-bond acceptors (Lipinski definition) is 6. The number of nitrogens with zero attached hydrogens (tertiary/aromatic N) is 2. The summed E-state index contributed by atoms with van der Waals surface area (Å²) in [5, 5.41) is 1.78. The number of aromatic nitrogens is 2. The summed E-state index contributed by atoms with van der Waals surface area (Å²) in [5.41, 5.74) is 1.69. The predicted molar refractivity (Wildman–Crippen MR) is 106 cm³/mol. The van der Waals surface area contributed by atoms with Gasteiger partial charge in [0.15, 0.2) is 4.96 Å². The van der Waals surface area contributed by atoms with Gasteiger partial charge >= 0.3 is 5.97 Å². The van der Waals surface area contributed by atoms with Crippen molar-refractivity contribution in [2.24, 2.45) is 0 Å². The predicted octanol–water partition coefficient (Wildman–Crippen LogP) is 3.69. The van der Waals surface area contributed by atoms with Crippen molar-refractivity contribution in [1.82, 2.24) is 9.38 Å². The lowest BCUT2D eigenvalue weighted by Gasteiger charge is -2.08. The fourth-order valence-electron chi connectivity index (χ4n) is 2.61. The summed E-state index contributed by atoms with van der Waals surface area (Å²) < 4.78 is 12.4. The Bertz CT molecular complexity index is 1150. The highest BCUT2D eigenvalue weighted by molar-refractivity contribution is 7.15. The van der Waals surface area contributed by atoms with Gasteiger partial charge in [0, 0.05) is 17.6 Å². The first-order chi connectivity index (χ1) is 13.7. The molecular weight excluding hydrogens is 376 g/mol. The number of thiazole rings is 1. The molecule has 2 aromatic carbocycles. The third kappa shape index (κ3) is 4.10. The fourth-order valence-corrected chi connectivity index (χ4v) is 3.35. The maximum absolute atomic E-state index is 12.2. The van der Waals surface area contributed by atoms with Crippen LogP contribution in [-0.4, -0.2) is 15.4 Å². The molecule has 7 heteroatoms. The Morgan fingerprint density at radius 1 is 1.04 bits per heavy atom. The minimum Gasteiger partial charge on any atom is -0.489 e. The first-order valence-electron chi connectivity index (χ1n) is 8.59. The molecular formula is C21H16N2O4S. The molecule has 0 spiro atoms. The van der Waals surface area contributed by atoms with Crippen molar-refractivity contribution in [2.75, 3.05) is 0 Å². The zero-order valence-electron chi connectivity index (χ0n) is 14.8. The second kappa shape index (κ2) is 8.06. The monoisotopic (exact) mass is 392 g/mol. The second-order valence-electron chi connectivity index (χ2n) is 6.02. The summed E-state index contributed by atoms with van der Waals surface area (Å²) in [6.45, 7) is 0.395. The van der Waals surface area contributed by atoms with E-state index in [0.29, 0.717) is 28.6 Å². The van der Waals surface area contributed by atoms with Crippen LogP contribution in [0.4, 0.5) is 0 Å². The summed E-state index contributed by atoms with van der Waals surface area (Å²) in [6, 6.07) is 17.9. The number of carbonyl (C=O) groups excluding carboxylic acids is 1. The van der Waals surface area contributed by atoms with Crippen LogP contribution in [0.3, 0.4) is 0 Å². The van der Waals surface area contributed by atoms with E-state index in [0.717, 1.165) is 5.56 Å². The van der Waals surface area contributed by atoms with E-state index in [9.17, 15) is 9.59 Å². The average molecular weight is 392 g/mol. The molecule has 0 N–H and O–H groups in total. The zero-order chi connectivity index (χ0) is 19.3. The molecule has 6 nitrogen and oxygen atoms in total. The van der Waals surface area contributed by atoms with Crippen molar-refractivity contribution in [2.45, 2.75) is 13.2 Å². The number of benzene rings is 2. The van der Waals surface area contributed by atoms with Crippen LogP contribution < -0.4 is 10.3 Å². The lowest BCUT2D eigenvalue weighted by atomic mass is 10.2. The lowest BCUT2D eigenvalue weighted by molar-refractivity contribution is 0.0467. The van der Waals surface area contributed by atoms with Crippen molar-refractivity contribution in [3.8, 4) is 5.75 Å². The van der Waals surface area contributed by atoms with E-state index in [4.69, 9.17) is 9.47 Å². The molecule has 4 aromatic rings. The number of ether oxygens (including phenoxy) is 2.